The normalized spacial score (nSPS) is 15.9. The predicted molar refractivity (Wildman–Crippen MR) is 117 cm³/mol. The fourth-order valence-corrected chi connectivity index (χ4v) is 5.10. The Morgan fingerprint density at radius 3 is 2.59 bits per heavy atom. The lowest BCUT2D eigenvalue weighted by Crippen LogP contribution is -2.47. The molecule has 1 saturated heterocycles. The summed E-state index contributed by atoms with van der Waals surface area (Å²) in [7, 11) is 0. The molecule has 3 rings (SSSR count). The highest BCUT2D eigenvalue weighted by Crippen LogP contribution is 2.38. The molecule has 29 heavy (non-hydrogen) atoms. The second-order valence-corrected chi connectivity index (χ2v) is 9.25. The number of benzene rings is 1. The van der Waals surface area contributed by atoms with E-state index >= 15 is 0 Å². The SMILES string of the molecule is CCOC(=O)C1(CCCc2ccccc2)CCN(C(=O)c2csc(SC)n2)CC1. The summed E-state index contributed by atoms with van der Waals surface area (Å²) in [5.74, 6) is -0.151. The van der Waals surface area contributed by atoms with Crippen LogP contribution in [0, 0.1) is 5.41 Å². The highest BCUT2D eigenvalue weighted by Gasteiger charge is 2.43. The van der Waals surface area contributed by atoms with Crippen LogP contribution in [-0.4, -0.2) is 47.7 Å². The van der Waals surface area contributed by atoms with Crippen LogP contribution in [0.5, 0.6) is 0 Å². The summed E-state index contributed by atoms with van der Waals surface area (Å²) in [5, 5.41) is 1.82. The molecule has 1 aliphatic rings. The van der Waals surface area contributed by atoms with Gasteiger partial charge in [0.25, 0.3) is 5.91 Å². The molecule has 0 saturated carbocycles. The van der Waals surface area contributed by atoms with Gasteiger partial charge in [0.2, 0.25) is 0 Å². The summed E-state index contributed by atoms with van der Waals surface area (Å²) in [4.78, 5) is 31.8. The number of likely N-dealkylation sites (tertiary alicyclic amines) is 1. The van der Waals surface area contributed by atoms with Crippen molar-refractivity contribution >= 4 is 35.0 Å². The fourth-order valence-electron chi connectivity index (χ4n) is 3.87. The number of carbonyl (C=O) groups excluding carboxylic acids is 2. The number of aryl methyl sites for hydroxylation is 1. The lowest BCUT2D eigenvalue weighted by Gasteiger charge is -2.39. The van der Waals surface area contributed by atoms with Gasteiger partial charge in [0.1, 0.15) is 10.0 Å². The van der Waals surface area contributed by atoms with Gasteiger partial charge < -0.3 is 9.64 Å². The zero-order valence-electron chi connectivity index (χ0n) is 17.1. The molecular formula is C22H28N2O3S2. The van der Waals surface area contributed by atoms with Crippen LogP contribution < -0.4 is 0 Å². The summed E-state index contributed by atoms with van der Waals surface area (Å²) in [6.07, 6.45) is 5.91. The molecular weight excluding hydrogens is 404 g/mol. The molecule has 1 aliphatic heterocycles. The van der Waals surface area contributed by atoms with E-state index in [1.807, 2.05) is 41.7 Å². The van der Waals surface area contributed by atoms with Crippen LogP contribution in [0.25, 0.3) is 0 Å². The number of esters is 1. The summed E-state index contributed by atoms with van der Waals surface area (Å²) in [6, 6.07) is 10.3. The van der Waals surface area contributed by atoms with E-state index in [2.05, 4.69) is 17.1 Å². The molecule has 1 amide bonds. The predicted octanol–water partition coefficient (Wildman–Crippen LogP) is 4.67. The second-order valence-electron chi connectivity index (χ2n) is 7.33. The Balaban J connectivity index is 1.62. The monoisotopic (exact) mass is 432 g/mol. The molecule has 7 heteroatoms. The number of hydrogen-bond acceptors (Lipinski definition) is 6. The molecule has 2 heterocycles. The van der Waals surface area contributed by atoms with Crippen LogP contribution in [0.4, 0.5) is 0 Å². The molecule has 0 N–H and O–H groups in total. The lowest BCUT2D eigenvalue weighted by molar-refractivity contribution is -0.159. The Bertz CT molecular complexity index is 814. The maximum absolute atomic E-state index is 12.8. The van der Waals surface area contributed by atoms with Crippen molar-refractivity contribution in [3.63, 3.8) is 0 Å². The van der Waals surface area contributed by atoms with Crippen molar-refractivity contribution in [1.82, 2.24) is 9.88 Å². The van der Waals surface area contributed by atoms with E-state index in [0.717, 1.165) is 23.6 Å². The third-order valence-corrected chi connectivity index (χ3v) is 7.42. The number of ether oxygens (including phenoxy) is 1. The second kappa shape index (κ2) is 10.3. The Morgan fingerprint density at radius 2 is 1.97 bits per heavy atom. The van der Waals surface area contributed by atoms with Crippen molar-refractivity contribution < 1.29 is 14.3 Å². The van der Waals surface area contributed by atoms with Crippen molar-refractivity contribution in [3.05, 3.63) is 47.0 Å². The fraction of sp³-hybridized carbons (Fsp3) is 0.500. The number of rotatable bonds is 8. The molecule has 0 spiro atoms. The van der Waals surface area contributed by atoms with Crippen molar-refractivity contribution in [1.29, 1.82) is 0 Å². The molecule has 5 nitrogen and oxygen atoms in total. The van der Waals surface area contributed by atoms with Crippen molar-refractivity contribution in [2.45, 2.75) is 43.4 Å². The molecule has 0 unspecified atom stereocenters. The minimum Gasteiger partial charge on any atom is -0.466 e. The Morgan fingerprint density at radius 1 is 1.24 bits per heavy atom. The quantitative estimate of drug-likeness (QED) is 0.448. The molecule has 1 fully saturated rings. The topological polar surface area (TPSA) is 59.5 Å². The number of carbonyl (C=O) groups is 2. The first-order chi connectivity index (χ1) is 14.1. The third kappa shape index (κ3) is 5.39. The molecule has 1 aromatic heterocycles. The number of amides is 1. The minimum absolute atomic E-state index is 0.0386. The van der Waals surface area contributed by atoms with Crippen molar-refractivity contribution in [2.75, 3.05) is 26.0 Å². The van der Waals surface area contributed by atoms with Gasteiger partial charge in [0.05, 0.1) is 12.0 Å². The van der Waals surface area contributed by atoms with E-state index in [9.17, 15) is 9.59 Å². The number of nitrogens with zero attached hydrogens (tertiary/aromatic N) is 2. The van der Waals surface area contributed by atoms with Gasteiger partial charge in [-0.15, -0.1) is 11.3 Å². The van der Waals surface area contributed by atoms with Crippen LogP contribution in [-0.2, 0) is 16.0 Å². The molecule has 0 atom stereocenters. The third-order valence-electron chi connectivity index (χ3n) is 5.56. The van der Waals surface area contributed by atoms with Gasteiger partial charge >= 0.3 is 5.97 Å². The highest BCUT2D eigenvalue weighted by molar-refractivity contribution is 8.00. The number of aromatic nitrogens is 1. The summed E-state index contributed by atoms with van der Waals surface area (Å²) < 4.78 is 6.33. The summed E-state index contributed by atoms with van der Waals surface area (Å²) in [5.41, 5.74) is 1.30. The number of thioether (sulfide) groups is 1. The minimum atomic E-state index is -0.492. The smallest absolute Gasteiger partial charge is 0.312 e. The van der Waals surface area contributed by atoms with Crippen LogP contribution in [0.15, 0.2) is 40.1 Å². The number of thiazole rings is 1. The molecule has 1 aromatic carbocycles. The van der Waals surface area contributed by atoms with Crippen LogP contribution in [0.1, 0.15) is 48.7 Å². The van der Waals surface area contributed by atoms with Gasteiger partial charge in [-0.1, -0.05) is 42.1 Å². The molecule has 2 aromatic rings. The molecule has 0 bridgehead atoms. The first-order valence-corrected chi connectivity index (χ1v) is 12.2. The molecule has 156 valence electrons. The highest BCUT2D eigenvalue weighted by atomic mass is 32.2. The summed E-state index contributed by atoms with van der Waals surface area (Å²) >= 11 is 3.04. The largest absolute Gasteiger partial charge is 0.466 e. The van der Waals surface area contributed by atoms with Gasteiger partial charge in [-0.25, -0.2) is 4.98 Å². The Kier molecular flexibility index (Phi) is 7.72. The van der Waals surface area contributed by atoms with Crippen LogP contribution >= 0.6 is 23.1 Å². The maximum Gasteiger partial charge on any atom is 0.312 e. The van der Waals surface area contributed by atoms with E-state index in [4.69, 9.17) is 4.74 Å². The Hall–Kier alpha value is -1.86. The van der Waals surface area contributed by atoms with E-state index in [1.54, 1.807) is 11.8 Å². The molecule has 0 radical (unpaired) electrons. The van der Waals surface area contributed by atoms with Gasteiger partial charge in [-0.3, -0.25) is 9.59 Å². The number of piperidine rings is 1. The van der Waals surface area contributed by atoms with Gasteiger partial charge in [0, 0.05) is 18.5 Å². The van der Waals surface area contributed by atoms with Gasteiger partial charge in [0.15, 0.2) is 0 Å². The van der Waals surface area contributed by atoms with Crippen molar-refractivity contribution in [3.8, 4) is 0 Å². The van der Waals surface area contributed by atoms with Gasteiger partial charge in [-0.05, 0) is 50.8 Å². The average Bonchev–Trinajstić information content (AvgIpc) is 3.24. The van der Waals surface area contributed by atoms with Crippen molar-refractivity contribution in [2.24, 2.45) is 5.41 Å². The van der Waals surface area contributed by atoms with Crippen LogP contribution in [0.2, 0.25) is 0 Å². The zero-order chi connectivity index (χ0) is 20.7. The van der Waals surface area contributed by atoms with E-state index < -0.39 is 5.41 Å². The van der Waals surface area contributed by atoms with E-state index in [1.165, 1.54) is 16.9 Å². The average molecular weight is 433 g/mol. The first kappa shape index (κ1) is 21.8. The standard InChI is InChI=1S/C22H28N2O3S2/c1-3-27-20(26)22(11-7-10-17-8-5-4-6-9-17)12-14-24(15-13-22)19(25)18-16-29-21(23-18)28-2/h4-6,8-9,16H,3,7,10-15H2,1-2H3. The van der Waals surface area contributed by atoms with E-state index in [0.29, 0.717) is 38.2 Å². The number of hydrogen-bond donors (Lipinski definition) is 0. The zero-order valence-corrected chi connectivity index (χ0v) is 18.7. The summed E-state index contributed by atoms with van der Waals surface area (Å²) in [6.45, 7) is 3.36. The lowest BCUT2D eigenvalue weighted by atomic mass is 9.74. The molecule has 0 aliphatic carbocycles. The van der Waals surface area contributed by atoms with Gasteiger partial charge in [-0.2, -0.15) is 0 Å². The van der Waals surface area contributed by atoms with E-state index in [-0.39, 0.29) is 11.9 Å². The maximum atomic E-state index is 12.8. The first-order valence-electron chi connectivity index (χ1n) is 10.1. The van der Waals surface area contributed by atoms with Crippen LogP contribution in [0.3, 0.4) is 0 Å². The Labute approximate surface area is 180 Å².